The van der Waals surface area contributed by atoms with Crippen LogP contribution in [0.1, 0.15) is 43.5 Å². The van der Waals surface area contributed by atoms with E-state index in [9.17, 15) is 9.59 Å². The van der Waals surface area contributed by atoms with E-state index in [0.717, 1.165) is 24.3 Å². The molecule has 3 fully saturated rings. The quantitative estimate of drug-likeness (QED) is 0.856. The maximum absolute atomic E-state index is 13.0. The molecular formula is C18H25N3O2S. The summed E-state index contributed by atoms with van der Waals surface area (Å²) in [7, 11) is 0. The monoisotopic (exact) mass is 347 g/mol. The van der Waals surface area contributed by atoms with Crippen LogP contribution in [0.15, 0.2) is 17.5 Å². The number of hydrogen-bond acceptors (Lipinski definition) is 4. The van der Waals surface area contributed by atoms with Crippen LogP contribution in [-0.4, -0.2) is 53.3 Å². The average Bonchev–Trinajstić information content (AvgIpc) is 3.47. The largest absolute Gasteiger partial charge is 0.353 e. The van der Waals surface area contributed by atoms with Gasteiger partial charge in [0.2, 0.25) is 11.8 Å². The van der Waals surface area contributed by atoms with Gasteiger partial charge in [-0.1, -0.05) is 6.07 Å². The number of piperazine rings is 1. The van der Waals surface area contributed by atoms with Crippen LogP contribution in [0.25, 0.3) is 0 Å². The fourth-order valence-electron chi connectivity index (χ4n) is 3.82. The Bertz CT molecular complexity index is 610. The standard InChI is InChI=1S/C18H25N3O2S/c1-12(13-4-5-13)21(14-6-7-14)16(22)11-20-9-8-19-18(23)17(20)15-3-2-10-24-15/h2-3,10,12-14,17H,4-9,11H2,1H3,(H,19,23). The summed E-state index contributed by atoms with van der Waals surface area (Å²) in [6.07, 6.45) is 4.78. The van der Waals surface area contributed by atoms with Gasteiger partial charge in [-0.15, -0.1) is 11.3 Å². The number of rotatable bonds is 6. The van der Waals surface area contributed by atoms with Crippen LogP contribution in [0.2, 0.25) is 0 Å². The van der Waals surface area contributed by atoms with Crippen LogP contribution in [0.4, 0.5) is 0 Å². The van der Waals surface area contributed by atoms with Crippen LogP contribution < -0.4 is 5.32 Å². The highest BCUT2D eigenvalue weighted by Gasteiger charge is 2.43. The first-order valence-electron chi connectivity index (χ1n) is 9.01. The third-order valence-corrected chi connectivity index (χ3v) is 6.36. The Morgan fingerprint density at radius 1 is 1.42 bits per heavy atom. The first-order chi connectivity index (χ1) is 11.6. The minimum atomic E-state index is -0.319. The lowest BCUT2D eigenvalue weighted by Crippen LogP contribution is -2.54. The van der Waals surface area contributed by atoms with Crippen molar-refractivity contribution in [2.75, 3.05) is 19.6 Å². The molecule has 0 spiro atoms. The third kappa shape index (κ3) is 3.22. The van der Waals surface area contributed by atoms with E-state index >= 15 is 0 Å². The highest BCUT2D eigenvalue weighted by Crippen LogP contribution is 2.40. The molecule has 0 radical (unpaired) electrons. The Labute approximate surface area is 147 Å². The number of hydrogen-bond donors (Lipinski definition) is 1. The van der Waals surface area contributed by atoms with E-state index in [-0.39, 0.29) is 17.9 Å². The van der Waals surface area contributed by atoms with Gasteiger partial charge in [0.05, 0.1) is 6.54 Å². The Hall–Kier alpha value is -1.40. The predicted molar refractivity (Wildman–Crippen MR) is 93.7 cm³/mol. The summed E-state index contributed by atoms with van der Waals surface area (Å²) in [5, 5.41) is 4.93. The lowest BCUT2D eigenvalue weighted by molar-refractivity contribution is -0.139. The maximum atomic E-state index is 13.0. The highest BCUT2D eigenvalue weighted by atomic mass is 32.1. The molecule has 1 saturated heterocycles. The maximum Gasteiger partial charge on any atom is 0.242 e. The molecule has 1 aromatic heterocycles. The molecular weight excluding hydrogens is 322 g/mol. The summed E-state index contributed by atoms with van der Waals surface area (Å²) in [4.78, 5) is 30.6. The molecule has 1 aromatic rings. The molecule has 4 rings (SSSR count). The Morgan fingerprint density at radius 2 is 2.21 bits per heavy atom. The van der Waals surface area contributed by atoms with Gasteiger partial charge in [0, 0.05) is 30.1 Å². The van der Waals surface area contributed by atoms with Gasteiger partial charge in [0.1, 0.15) is 6.04 Å². The normalized spacial score (nSPS) is 26.0. The second-order valence-corrected chi connectivity index (χ2v) is 8.27. The van der Waals surface area contributed by atoms with Crippen LogP contribution in [-0.2, 0) is 9.59 Å². The second-order valence-electron chi connectivity index (χ2n) is 7.29. The van der Waals surface area contributed by atoms with E-state index in [4.69, 9.17) is 0 Å². The van der Waals surface area contributed by atoms with Gasteiger partial charge in [-0.25, -0.2) is 0 Å². The van der Waals surface area contributed by atoms with E-state index in [0.29, 0.717) is 31.1 Å². The summed E-state index contributed by atoms with van der Waals surface area (Å²) in [6.45, 7) is 3.91. The summed E-state index contributed by atoms with van der Waals surface area (Å²) in [6, 6.07) is 4.42. The van der Waals surface area contributed by atoms with Crippen molar-refractivity contribution in [3.8, 4) is 0 Å². The fourth-order valence-corrected chi connectivity index (χ4v) is 4.67. The molecule has 2 unspecified atom stereocenters. The molecule has 24 heavy (non-hydrogen) atoms. The van der Waals surface area contributed by atoms with Crippen LogP contribution in [0, 0.1) is 5.92 Å². The zero-order valence-corrected chi connectivity index (χ0v) is 14.9. The Morgan fingerprint density at radius 3 is 2.83 bits per heavy atom. The van der Waals surface area contributed by atoms with E-state index in [1.54, 1.807) is 11.3 Å². The highest BCUT2D eigenvalue weighted by molar-refractivity contribution is 7.10. The molecule has 3 aliphatic rings. The molecule has 6 heteroatoms. The molecule has 0 bridgehead atoms. The lowest BCUT2D eigenvalue weighted by atomic mass is 10.1. The average molecular weight is 347 g/mol. The molecule has 0 aromatic carbocycles. The Kier molecular flexibility index (Phi) is 4.35. The van der Waals surface area contributed by atoms with Gasteiger partial charge in [-0.3, -0.25) is 14.5 Å². The zero-order chi connectivity index (χ0) is 16.7. The van der Waals surface area contributed by atoms with Crippen molar-refractivity contribution >= 4 is 23.2 Å². The molecule has 2 amide bonds. The molecule has 2 aliphatic carbocycles. The first kappa shape index (κ1) is 16.1. The van der Waals surface area contributed by atoms with E-state index in [2.05, 4.69) is 22.0 Å². The van der Waals surface area contributed by atoms with Crippen LogP contribution >= 0.6 is 11.3 Å². The van der Waals surface area contributed by atoms with Crippen LogP contribution in [0.3, 0.4) is 0 Å². The summed E-state index contributed by atoms with van der Waals surface area (Å²) in [5.41, 5.74) is 0. The van der Waals surface area contributed by atoms with E-state index in [1.165, 1.54) is 12.8 Å². The zero-order valence-electron chi connectivity index (χ0n) is 14.1. The third-order valence-electron chi connectivity index (χ3n) is 5.43. The minimum Gasteiger partial charge on any atom is -0.353 e. The molecule has 1 N–H and O–H groups in total. The van der Waals surface area contributed by atoms with Gasteiger partial charge in [-0.05, 0) is 50.0 Å². The van der Waals surface area contributed by atoms with Gasteiger partial charge in [0.15, 0.2) is 0 Å². The molecule has 2 saturated carbocycles. The van der Waals surface area contributed by atoms with Crippen molar-refractivity contribution in [3.05, 3.63) is 22.4 Å². The Balaban J connectivity index is 1.49. The summed E-state index contributed by atoms with van der Waals surface area (Å²) < 4.78 is 0. The van der Waals surface area contributed by atoms with Crippen molar-refractivity contribution in [2.45, 2.75) is 50.7 Å². The van der Waals surface area contributed by atoms with Gasteiger partial charge in [-0.2, -0.15) is 0 Å². The molecule has 2 atom stereocenters. The number of carbonyl (C=O) groups is 2. The van der Waals surface area contributed by atoms with Crippen molar-refractivity contribution < 1.29 is 9.59 Å². The number of nitrogens with one attached hydrogen (secondary N) is 1. The lowest BCUT2D eigenvalue weighted by Gasteiger charge is -2.37. The molecule has 2 heterocycles. The van der Waals surface area contributed by atoms with Gasteiger partial charge >= 0.3 is 0 Å². The molecule has 5 nitrogen and oxygen atoms in total. The second kappa shape index (κ2) is 6.48. The summed E-state index contributed by atoms with van der Waals surface area (Å²) >= 11 is 1.58. The number of carbonyl (C=O) groups excluding carboxylic acids is 2. The first-order valence-corrected chi connectivity index (χ1v) is 9.89. The van der Waals surface area contributed by atoms with E-state index in [1.807, 2.05) is 17.5 Å². The fraction of sp³-hybridized carbons (Fsp3) is 0.667. The summed E-state index contributed by atoms with van der Waals surface area (Å²) in [5.74, 6) is 0.908. The number of thiophene rings is 1. The van der Waals surface area contributed by atoms with Crippen molar-refractivity contribution in [3.63, 3.8) is 0 Å². The van der Waals surface area contributed by atoms with Crippen molar-refractivity contribution in [2.24, 2.45) is 5.92 Å². The van der Waals surface area contributed by atoms with Crippen LogP contribution in [0.5, 0.6) is 0 Å². The SMILES string of the molecule is CC(C1CC1)N(C(=O)CN1CCNC(=O)C1c1cccs1)C1CC1. The van der Waals surface area contributed by atoms with E-state index < -0.39 is 0 Å². The minimum absolute atomic E-state index is 0.0183. The van der Waals surface area contributed by atoms with Gasteiger partial charge in [0.25, 0.3) is 0 Å². The van der Waals surface area contributed by atoms with Crippen molar-refractivity contribution in [1.29, 1.82) is 0 Å². The number of amides is 2. The number of nitrogens with zero attached hydrogens (tertiary/aromatic N) is 2. The van der Waals surface area contributed by atoms with Crippen molar-refractivity contribution in [1.82, 2.24) is 15.1 Å². The van der Waals surface area contributed by atoms with Gasteiger partial charge < -0.3 is 10.2 Å². The topological polar surface area (TPSA) is 52.7 Å². The predicted octanol–water partition coefficient (Wildman–Crippen LogP) is 2.01. The molecule has 130 valence electrons. The molecule has 1 aliphatic heterocycles. The smallest absolute Gasteiger partial charge is 0.242 e.